The van der Waals surface area contributed by atoms with Gasteiger partial charge in [-0.3, -0.25) is 0 Å². The van der Waals surface area contributed by atoms with Crippen molar-refractivity contribution in [3.05, 3.63) is 12.3 Å². The number of hydrogen-bond donors (Lipinski definition) is 1. The molecule has 0 atom stereocenters. The largest absolute Gasteiger partial charge is 0.323 e. The summed E-state index contributed by atoms with van der Waals surface area (Å²) in [5, 5.41) is 2.75. The maximum atomic E-state index is 3.42. The molecular weight excluding hydrogens is 90.1 g/mol. The minimum atomic E-state index is 1.13. The van der Waals surface area contributed by atoms with E-state index >= 15 is 0 Å². The predicted molar refractivity (Wildman–Crippen MR) is 35.1 cm³/mol. The molecule has 6 heavy (non-hydrogen) atoms. The van der Waals surface area contributed by atoms with E-state index in [0.717, 1.165) is 10.2 Å². The van der Waals surface area contributed by atoms with Crippen LogP contribution in [-0.4, -0.2) is 24.3 Å². The maximum Gasteiger partial charge on any atom is 0.0283 e. The van der Waals surface area contributed by atoms with Gasteiger partial charge in [-0.05, 0) is 14.1 Å². The lowest BCUT2D eigenvalue weighted by Gasteiger charge is -1.59. The van der Waals surface area contributed by atoms with Crippen molar-refractivity contribution in [2.75, 3.05) is 14.1 Å². The van der Waals surface area contributed by atoms with Crippen molar-refractivity contribution in [1.82, 2.24) is 5.32 Å². The fourth-order valence-corrected chi connectivity index (χ4v) is 0. The Morgan fingerprint density at radius 1 is 1.67 bits per heavy atom. The lowest BCUT2D eigenvalue weighted by Crippen LogP contribution is -1.89. The topological polar surface area (TPSA) is 12.0 Å². The Balaban J connectivity index is 0. The van der Waals surface area contributed by atoms with Crippen molar-refractivity contribution < 1.29 is 0 Å². The SMILES string of the molecule is C=C[SiH3].CNC. The van der Waals surface area contributed by atoms with Crippen molar-refractivity contribution in [3.8, 4) is 0 Å². The Labute approximate surface area is 42.9 Å². The van der Waals surface area contributed by atoms with Gasteiger partial charge in [-0.1, -0.05) is 0 Å². The van der Waals surface area contributed by atoms with Crippen LogP contribution in [0.5, 0.6) is 0 Å². The molecule has 38 valence electrons. The Hall–Kier alpha value is -0.0831. The summed E-state index contributed by atoms with van der Waals surface area (Å²) in [6.07, 6.45) is 0. The van der Waals surface area contributed by atoms with Gasteiger partial charge in [0.15, 0.2) is 0 Å². The molecule has 0 aromatic heterocycles. The lowest BCUT2D eigenvalue weighted by molar-refractivity contribution is 1.02. The van der Waals surface area contributed by atoms with Crippen molar-refractivity contribution >= 4 is 10.2 Å². The van der Waals surface area contributed by atoms with Gasteiger partial charge >= 0.3 is 0 Å². The van der Waals surface area contributed by atoms with Crippen LogP contribution in [0.25, 0.3) is 0 Å². The summed E-state index contributed by atoms with van der Waals surface area (Å²) in [6.45, 7) is 3.42. The average Bonchev–Trinajstić information content (AvgIpc) is 1.39. The summed E-state index contributed by atoms with van der Waals surface area (Å²) in [6, 6.07) is 0. The highest BCUT2D eigenvalue weighted by Crippen LogP contribution is 1.24. The molecule has 0 unspecified atom stereocenters. The monoisotopic (exact) mass is 103 g/mol. The maximum absolute atomic E-state index is 3.42. The fourth-order valence-electron chi connectivity index (χ4n) is 0. The molecule has 1 nitrogen and oxygen atoms in total. The van der Waals surface area contributed by atoms with Crippen LogP contribution in [0, 0.1) is 0 Å². The van der Waals surface area contributed by atoms with E-state index < -0.39 is 0 Å². The Bertz CT molecular complexity index is 21.5. The first-order valence-corrected chi connectivity index (χ1v) is 3.14. The number of rotatable bonds is 0. The van der Waals surface area contributed by atoms with Crippen LogP contribution in [-0.2, 0) is 0 Å². The van der Waals surface area contributed by atoms with E-state index in [2.05, 4.69) is 11.9 Å². The third-order valence-electron chi connectivity index (χ3n) is 0. The zero-order valence-corrected chi connectivity index (χ0v) is 6.78. The second kappa shape index (κ2) is 20.5. The van der Waals surface area contributed by atoms with Gasteiger partial charge in [0.2, 0.25) is 0 Å². The molecule has 0 bridgehead atoms. The molecule has 0 aliphatic heterocycles. The molecule has 0 heterocycles. The van der Waals surface area contributed by atoms with E-state index in [1.807, 2.05) is 19.8 Å². The molecule has 0 saturated carbocycles. The molecular formula is C4H13NSi. The van der Waals surface area contributed by atoms with Gasteiger partial charge in [-0.25, -0.2) is 0 Å². The minimum absolute atomic E-state index is 1.13. The Kier molecular flexibility index (Phi) is 31.9. The highest BCUT2D eigenvalue weighted by atomic mass is 28.1. The first kappa shape index (κ1) is 9.32. The van der Waals surface area contributed by atoms with Crippen LogP contribution in [0.4, 0.5) is 0 Å². The van der Waals surface area contributed by atoms with Crippen molar-refractivity contribution in [1.29, 1.82) is 0 Å². The van der Waals surface area contributed by atoms with Gasteiger partial charge < -0.3 is 5.32 Å². The summed E-state index contributed by atoms with van der Waals surface area (Å²) in [5.74, 6) is 0. The fraction of sp³-hybridized carbons (Fsp3) is 0.500. The van der Waals surface area contributed by atoms with Crippen LogP contribution in [0.15, 0.2) is 12.3 Å². The third-order valence-corrected chi connectivity index (χ3v) is 0. The first-order valence-electron chi connectivity index (χ1n) is 1.99. The van der Waals surface area contributed by atoms with Crippen molar-refractivity contribution in [2.24, 2.45) is 0 Å². The predicted octanol–water partition coefficient (Wildman–Crippen LogP) is -0.669. The third kappa shape index (κ3) is 4820. The molecule has 0 rings (SSSR count). The minimum Gasteiger partial charge on any atom is -0.323 e. The summed E-state index contributed by atoms with van der Waals surface area (Å²) in [5.41, 5.74) is 1.89. The highest BCUT2D eigenvalue weighted by molar-refractivity contribution is 6.16. The highest BCUT2D eigenvalue weighted by Gasteiger charge is 1.25. The molecule has 0 aliphatic rings. The second-order valence-electron chi connectivity index (χ2n) is 0.908. The Morgan fingerprint density at radius 2 is 1.67 bits per heavy atom. The summed E-state index contributed by atoms with van der Waals surface area (Å²) in [7, 11) is 4.88. The quantitative estimate of drug-likeness (QED) is 0.401. The average molecular weight is 103 g/mol. The van der Waals surface area contributed by atoms with Gasteiger partial charge in [-0.15, -0.1) is 12.3 Å². The summed E-state index contributed by atoms with van der Waals surface area (Å²) in [4.78, 5) is 0. The second-order valence-corrected chi connectivity index (χ2v) is 1.72. The zero-order chi connectivity index (χ0) is 5.41. The van der Waals surface area contributed by atoms with Gasteiger partial charge in [0.05, 0.1) is 0 Å². The molecule has 0 aromatic rings. The molecule has 0 fully saturated rings. The van der Waals surface area contributed by atoms with Gasteiger partial charge in [-0.2, -0.15) is 0 Å². The molecule has 0 aromatic carbocycles. The smallest absolute Gasteiger partial charge is 0.0283 e. The van der Waals surface area contributed by atoms with Crippen LogP contribution >= 0.6 is 0 Å². The number of hydrogen-bond acceptors (Lipinski definition) is 1. The van der Waals surface area contributed by atoms with Crippen molar-refractivity contribution in [2.45, 2.75) is 0 Å². The lowest BCUT2D eigenvalue weighted by atomic mass is 11.3. The van der Waals surface area contributed by atoms with Gasteiger partial charge in [0, 0.05) is 10.2 Å². The van der Waals surface area contributed by atoms with Crippen LogP contribution < -0.4 is 5.32 Å². The molecule has 0 amide bonds. The normalized spacial score (nSPS) is 5.67. The summed E-state index contributed by atoms with van der Waals surface area (Å²) >= 11 is 0. The van der Waals surface area contributed by atoms with E-state index in [4.69, 9.17) is 0 Å². The zero-order valence-electron chi connectivity index (χ0n) is 4.78. The first-order chi connectivity index (χ1) is 2.83. The van der Waals surface area contributed by atoms with E-state index in [1.54, 1.807) is 0 Å². The Morgan fingerprint density at radius 3 is 1.67 bits per heavy atom. The summed E-state index contributed by atoms with van der Waals surface area (Å²) < 4.78 is 0. The van der Waals surface area contributed by atoms with E-state index in [9.17, 15) is 0 Å². The molecule has 2 heteroatoms. The van der Waals surface area contributed by atoms with Crippen LogP contribution in [0.3, 0.4) is 0 Å². The standard InChI is InChI=1S/C2H7N.C2H6Si/c1-3-2;1-2-3/h3H,1-2H3;2H,1H2,3H3. The van der Waals surface area contributed by atoms with Crippen LogP contribution in [0.1, 0.15) is 0 Å². The molecule has 0 aliphatic carbocycles. The number of nitrogens with one attached hydrogen (secondary N) is 1. The molecule has 0 spiro atoms. The molecule has 0 radical (unpaired) electrons. The van der Waals surface area contributed by atoms with Gasteiger partial charge in [0.1, 0.15) is 0 Å². The van der Waals surface area contributed by atoms with Crippen LogP contribution in [0.2, 0.25) is 0 Å². The molecule has 0 saturated heterocycles. The van der Waals surface area contributed by atoms with E-state index in [-0.39, 0.29) is 0 Å². The van der Waals surface area contributed by atoms with Gasteiger partial charge in [0.25, 0.3) is 0 Å². The van der Waals surface area contributed by atoms with E-state index in [1.165, 1.54) is 0 Å². The molecule has 1 N–H and O–H groups in total. The van der Waals surface area contributed by atoms with E-state index in [0.29, 0.717) is 0 Å². The van der Waals surface area contributed by atoms with Crippen molar-refractivity contribution in [3.63, 3.8) is 0 Å².